The molecule has 0 fully saturated rings. The van der Waals surface area contributed by atoms with Crippen molar-refractivity contribution in [3.8, 4) is 203 Å². The fraction of sp³-hybridized carbons (Fsp3) is 0. The van der Waals surface area contributed by atoms with Gasteiger partial charge in [-0.3, -0.25) is 15.0 Å². The van der Waals surface area contributed by atoms with Crippen LogP contribution in [-0.4, -0.2) is 59.8 Å². The molecule has 0 N–H and O–H groups in total. The lowest BCUT2D eigenvalue weighted by Gasteiger charge is -2.12. The molecule has 9 heterocycles. The number of hydrogen-bond donors (Lipinski definition) is 0. The summed E-state index contributed by atoms with van der Waals surface area (Å²) in [5.74, 6) is 5.77. The third-order valence-electron chi connectivity index (χ3n) is 26.5. The highest BCUT2D eigenvalue weighted by Gasteiger charge is 2.29. The fourth-order valence-electron chi connectivity index (χ4n) is 19.4. The zero-order valence-electron chi connectivity index (χ0n) is 79.1. The molecule has 27 aromatic rings. The number of fused-ring (bicyclic) bond motifs is 9. The second-order valence-corrected chi connectivity index (χ2v) is 38.7. The van der Waals surface area contributed by atoms with E-state index in [9.17, 15) is 0 Å². The maximum absolute atomic E-state index is 5.17. The lowest BCUT2D eigenvalue weighted by Crippen LogP contribution is -2.00. The first-order chi connectivity index (χ1) is 72.9. The summed E-state index contributed by atoms with van der Waals surface area (Å²) in [7, 11) is 0. The molecule has 0 saturated heterocycles. The molecule has 0 saturated carbocycles. The van der Waals surface area contributed by atoms with Gasteiger partial charge in [0.05, 0.1) is 5.69 Å². The Labute approximate surface area is 860 Å². The van der Waals surface area contributed by atoms with Crippen LogP contribution in [0.15, 0.2) is 510 Å². The molecule has 0 atom stereocenters. The van der Waals surface area contributed by atoms with E-state index in [0.717, 1.165) is 127 Å². The molecule has 0 unspecified atom stereocenters. The van der Waals surface area contributed by atoms with E-state index in [1.807, 2.05) is 265 Å². The van der Waals surface area contributed by atoms with Crippen molar-refractivity contribution in [2.75, 3.05) is 0 Å². The van der Waals surface area contributed by atoms with Gasteiger partial charge >= 0.3 is 0 Å². The Morgan fingerprint density at radius 2 is 0.374 bits per heavy atom. The third kappa shape index (κ3) is 18.0. The predicted octanol–water partition coefficient (Wildman–Crippen LogP) is 34.9. The first-order valence-corrected chi connectivity index (χ1v) is 51.1. The molecular weight excluding hydrogens is 1850 g/mol. The molecular formula is C132H84N12S3. The molecule has 15 heteroatoms. The second-order valence-electron chi connectivity index (χ2n) is 35.6. The largest absolute Gasteiger partial charge is 0.265 e. The van der Waals surface area contributed by atoms with Gasteiger partial charge in [0.1, 0.15) is 0 Å². The lowest BCUT2D eigenvalue weighted by molar-refractivity contribution is 1.08. The Balaban J connectivity index is 0.000000115. The number of hydrogen-bond acceptors (Lipinski definition) is 15. The maximum Gasteiger partial charge on any atom is 0.164 e. The average Bonchev–Trinajstić information content (AvgIpc) is 1.59. The number of nitrogens with zero attached hydrogens (tertiary/aromatic N) is 12. The summed E-state index contributed by atoms with van der Waals surface area (Å²) in [6.45, 7) is 0. The summed E-state index contributed by atoms with van der Waals surface area (Å²) in [6.07, 6.45) is 9.33. The maximum atomic E-state index is 5.17. The number of rotatable bonds is 18. The molecule has 27 rings (SSSR count). The zero-order valence-corrected chi connectivity index (χ0v) is 81.5. The van der Waals surface area contributed by atoms with Gasteiger partial charge in [0.25, 0.3) is 0 Å². The highest BCUT2D eigenvalue weighted by atomic mass is 32.1. The van der Waals surface area contributed by atoms with Crippen LogP contribution in [-0.2, 0) is 0 Å². The SMILES string of the molecule is c1ccc(-c2cc(-c3ccccc3)c3sc4c(-c5ccccn5)ccc(-c5nc(-c6ccccc6)nc(-c6ccccc6)n5)c4c3c2)cc1.c1ccc(-c2cc(-c3ccccc3)c3sc4c(-c5cccnc5)ccc(-c5nc(-c6ccccc6)nc(-c6ccccc6)n5)c4c3c2)cc1.c1ccc(-c2cc(-c3ccccc3)c3sc4c(-c5ccncc5)ccc(-c5nc(-c6ccccc6)nc(-c6ccccc6)n5)c4c3c2)cc1. The van der Waals surface area contributed by atoms with Gasteiger partial charge in [-0.25, -0.2) is 44.9 Å². The number of benzene rings is 18. The molecule has 147 heavy (non-hydrogen) atoms. The van der Waals surface area contributed by atoms with Crippen molar-refractivity contribution in [2.45, 2.75) is 0 Å². The van der Waals surface area contributed by atoms with Crippen molar-refractivity contribution < 1.29 is 0 Å². The van der Waals surface area contributed by atoms with Gasteiger partial charge in [-0.05, 0) is 146 Å². The summed E-state index contributed by atoms with van der Waals surface area (Å²) in [5, 5.41) is 6.88. The highest BCUT2D eigenvalue weighted by Crippen LogP contribution is 2.54. The summed E-state index contributed by atoms with van der Waals surface area (Å²) in [4.78, 5) is 59.5. The molecule has 18 aromatic carbocycles. The second kappa shape index (κ2) is 40.2. The van der Waals surface area contributed by atoms with Gasteiger partial charge in [-0.1, -0.05) is 394 Å². The first kappa shape index (κ1) is 89.5. The van der Waals surface area contributed by atoms with E-state index in [-0.39, 0.29) is 0 Å². The lowest BCUT2D eigenvalue weighted by atomic mass is 9.93. The van der Waals surface area contributed by atoms with Crippen LogP contribution in [0.2, 0.25) is 0 Å². The first-order valence-electron chi connectivity index (χ1n) is 48.7. The Morgan fingerprint density at radius 3 is 0.653 bits per heavy atom. The van der Waals surface area contributed by atoms with Crippen LogP contribution in [0.4, 0.5) is 0 Å². The van der Waals surface area contributed by atoms with Gasteiger partial charge in [-0.2, -0.15) is 0 Å². The molecule has 0 aliphatic rings. The minimum atomic E-state index is 0.636. The van der Waals surface area contributed by atoms with Crippen molar-refractivity contribution in [2.24, 2.45) is 0 Å². The average molecular weight is 1930 g/mol. The van der Waals surface area contributed by atoms with Crippen LogP contribution in [0.25, 0.3) is 263 Å². The summed E-state index contributed by atoms with van der Waals surface area (Å²) >= 11 is 5.45. The number of pyridine rings is 3. The molecule has 0 bridgehead atoms. The van der Waals surface area contributed by atoms with Gasteiger partial charge in [0.15, 0.2) is 52.4 Å². The quantitative estimate of drug-likeness (QED) is 0.0803. The monoisotopic (exact) mass is 1930 g/mol. The van der Waals surface area contributed by atoms with Crippen LogP contribution >= 0.6 is 34.0 Å². The Kier molecular flexibility index (Phi) is 24.5. The number of thiophene rings is 3. The van der Waals surface area contributed by atoms with Crippen LogP contribution in [0.1, 0.15) is 0 Å². The standard InChI is InChI=1S/3C44H28N4S/c1-5-15-29(16-6-1)33-27-36(30-17-7-2-8-18-30)40-37(28-33)39-35(25-24-34(41(39)49-40)38-23-13-14-26-45-38)44-47-42(31-19-9-3-10-20-31)46-43(48-44)32-21-11-4-12-22-32;1-5-14-29(15-6-1)34-26-37(30-16-7-2-8-17-30)40-38(27-34)39-36(24-23-35(41(39)49-40)33-22-13-25-45-28-33)44-47-42(31-18-9-3-10-19-31)46-43(48-44)32-20-11-4-12-21-32;1-5-13-29(14-6-1)34-27-37(30-15-7-2-8-16-30)40-38(28-34)39-36(22-21-35(41(39)49-40)31-23-25-45-26-24-31)44-47-42(32-17-9-3-10-18-32)46-43(48-44)33-19-11-4-12-20-33/h3*1-28H. The van der Waals surface area contributed by atoms with Crippen LogP contribution < -0.4 is 0 Å². The van der Waals surface area contributed by atoms with E-state index >= 15 is 0 Å². The van der Waals surface area contributed by atoms with E-state index in [4.69, 9.17) is 49.8 Å². The summed E-state index contributed by atoms with van der Waals surface area (Å²) in [5.41, 5.74) is 29.2. The van der Waals surface area contributed by atoms with E-state index in [1.54, 1.807) is 0 Å². The van der Waals surface area contributed by atoms with E-state index < -0.39 is 0 Å². The van der Waals surface area contributed by atoms with Crippen molar-refractivity contribution >= 4 is 94.5 Å². The minimum absolute atomic E-state index is 0.636. The molecule has 0 aliphatic carbocycles. The Bertz CT molecular complexity index is 8410. The molecule has 0 radical (unpaired) electrons. The molecule has 690 valence electrons. The van der Waals surface area contributed by atoms with E-state index in [2.05, 4.69) is 289 Å². The highest BCUT2D eigenvalue weighted by molar-refractivity contribution is 7.28. The van der Waals surface area contributed by atoms with Gasteiger partial charge < -0.3 is 0 Å². The van der Waals surface area contributed by atoms with Crippen molar-refractivity contribution in [3.63, 3.8) is 0 Å². The molecule has 0 amide bonds. The van der Waals surface area contributed by atoms with Crippen molar-refractivity contribution in [1.29, 1.82) is 0 Å². The van der Waals surface area contributed by atoms with Gasteiger partial charge in [-0.15, -0.1) is 34.0 Å². The number of aromatic nitrogens is 12. The van der Waals surface area contributed by atoms with Crippen LogP contribution in [0.5, 0.6) is 0 Å². The fourth-order valence-corrected chi connectivity index (χ4v) is 23.5. The van der Waals surface area contributed by atoms with Crippen LogP contribution in [0.3, 0.4) is 0 Å². The van der Waals surface area contributed by atoms with Crippen molar-refractivity contribution in [3.05, 3.63) is 510 Å². The molecule has 12 nitrogen and oxygen atoms in total. The normalized spacial score (nSPS) is 11.3. The van der Waals surface area contributed by atoms with Crippen molar-refractivity contribution in [1.82, 2.24) is 59.8 Å². The molecule has 9 aromatic heterocycles. The summed E-state index contributed by atoms with van der Waals surface area (Å²) < 4.78 is 7.17. The van der Waals surface area contributed by atoms with E-state index in [1.165, 1.54) is 84.3 Å². The smallest absolute Gasteiger partial charge is 0.164 e. The molecule has 0 spiro atoms. The molecule has 0 aliphatic heterocycles. The third-order valence-corrected chi connectivity index (χ3v) is 30.3. The minimum Gasteiger partial charge on any atom is -0.265 e. The zero-order chi connectivity index (χ0) is 97.7. The Morgan fingerprint density at radius 1 is 0.136 bits per heavy atom. The van der Waals surface area contributed by atoms with E-state index in [0.29, 0.717) is 52.4 Å². The predicted molar refractivity (Wildman–Crippen MR) is 609 cm³/mol. The van der Waals surface area contributed by atoms with Crippen LogP contribution in [0, 0.1) is 0 Å². The summed E-state index contributed by atoms with van der Waals surface area (Å²) in [6, 6.07) is 166. The van der Waals surface area contributed by atoms with Gasteiger partial charge in [0.2, 0.25) is 0 Å². The Hall–Kier alpha value is -18.9. The topological polar surface area (TPSA) is 155 Å². The van der Waals surface area contributed by atoms with Gasteiger partial charge in [0, 0.05) is 175 Å².